The smallest absolute Gasteiger partial charge is 0.247 e. The third-order valence-electron chi connectivity index (χ3n) is 3.22. The highest BCUT2D eigenvalue weighted by atomic mass is 16.7. The summed E-state index contributed by atoms with van der Waals surface area (Å²) in [5, 5.41) is 2.68. The molecule has 0 fully saturated rings. The lowest BCUT2D eigenvalue weighted by atomic mass is 10.2. The van der Waals surface area contributed by atoms with E-state index in [1.807, 2.05) is 26.0 Å². The number of carbonyl (C=O) groups is 2. The van der Waals surface area contributed by atoms with E-state index in [2.05, 4.69) is 5.32 Å². The van der Waals surface area contributed by atoms with E-state index in [1.54, 1.807) is 12.1 Å². The summed E-state index contributed by atoms with van der Waals surface area (Å²) in [5.74, 6) is 1.01. The Morgan fingerprint density at radius 2 is 2.05 bits per heavy atom. The van der Waals surface area contributed by atoms with Gasteiger partial charge in [-0.05, 0) is 37.6 Å². The van der Waals surface area contributed by atoms with Gasteiger partial charge in [0.25, 0.3) is 0 Å². The Morgan fingerprint density at radius 1 is 1.27 bits per heavy atom. The summed E-state index contributed by atoms with van der Waals surface area (Å²) >= 11 is 0. The summed E-state index contributed by atoms with van der Waals surface area (Å²) < 4.78 is 10.5. The molecule has 0 aliphatic carbocycles. The first-order chi connectivity index (χ1) is 10.6. The summed E-state index contributed by atoms with van der Waals surface area (Å²) in [6.07, 6.45) is 3.16. The highest BCUT2D eigenvalue weighted by Crippen LogP contribution is 2.32. The van der Waals surface area contributed by atoms with Crippen molar-refractivity contribution in [1.29, 1.82) is 0 Å². The molecule has 0 saturated carbocycles. The fourth-order valence-electron chi connectivity index (χ4n) is 2.06. The van der Waals surface area contributed by atoms with Gasteiger partial charge in [-0.3, -0.25) is 9.59 Å². The predicted molar refractivity (Wildman–Crippen MR) is 82.5 cm³/mol. The highest BCUT2D eigenvalue weighted by molar-refractivity contribution is 5.94. The Hall–Kier alpha value is -2.50. The van der Waals surface area contributed by atoms with Crippen molar-refractivity contribution in [1.82, 2.24) is 10.2 Å². The lowest BCUT2D eigenvalue weighted by molar-refractivity contribution is -0.132. The van der Waals surface area contributed by atoms with Gasteiger partial charge in [0.1, 0.15) is 0 Å². The van der Waals surface area contributed by atoms with Crippen LogP contribution in [0.5, 0.6) is 11.5 Å². The van der Waals surface area contributed by atoms with Crippen molar-refractivity contribution in [3.8, 4) is 11.5 Å². The van der Waals surface area contributed by atoms with Crippen molar-refractivity contribution >= 4 is 17.9 Å². The van der Waals surface area contributed by atoms with Crippen molar-refractivity contribution in [2.75, 3.05) is 26.4 Å². The molecule has 0 aromatic heterocycles. The lowest BCUT2D eigenvalue weighted by Crippen LogP contribution is -2.39. The van der Waals surface area contributed by atoms with Gasteiger partial charge < -0.3 is 19.7 Å². The first-order valence-electron chi connectivity index (χ1n) is 7.27. The molecule has 1 aliphatic heterocycles. The molecule has 22 heavy (non-hydrogen) atoms. The van der Waals surface area contributed by atoms with E-state index >= 15 is 0 Å². The highest BCUT2D eigenvalue weighted by Gasteiger charge is 2.14. The van der Waals surface area contributed by atoms with Crippen LogP contribution >= 0.6 is 0 Å². The molecule has 0 radical (unpaired) electrons. The van der Waals surface area contributed by atoms with Crippen LogP contribution in [0, 0.1) is 0 Å². The standard InChI is InChI=1S/C16H20N2O4/c1-3-17-15(19)10-18(4-2)16(20)8-6-12-5-7-13-14(9-12)22-11-21-13/h5-9H,3-4,10-11H2,1-2H3,(H,17,19)/b8-6+. The number of likely N-dealkylation sites (N-methyl/N-ethyl adjacent to an activating group) is 2. The van der Waals surface area contributed by atoms with Crippen LogP contribution in [0.15, 0.2) is 24.3 Å². The van der Waals surface area contributed by atoms with Crippen LogP contribution in [0.2, 0.25) is 0 Å². The van der Waals surface area contributed by atoms with Gasteiger partial charge in [0.2, 0.25) is 18.6 Å². The number of hydrogen-bond donors (Lipinski definition) is 1. The Balaban J connectivity index is 1.98. The van der Waals surface area contributed by atoms with E-state index in [1.165, 1.54) is 11.0 Å². The third kappa shape index (κ3) is 4.00. The number of ether oxygens (including phenoxy) is 2. The van der Waals surface area contributed by atoms with E-state index < -0.39 is 0 Å². The molecular weight excluding hydrogens is 284 g/mol. The van der Waals surface area contributed by atoms with Crippen molar-refractivity contribution in [3.63, 3.8) is 0 Å². The average Bonchev–Trinajstić information content (AvgIpc) is 2.98. The molecule has 2 amide bonds. The third-order valence-corrected chi connectivity index (χ3v) is 3.22. The fourth-order valence-corrected chi connectivity index (χ4v) is 2.06. The van der Waals surface area contributed by atoms with Crippen LogP contribution in [0.1, 0.15) is 19.4 Å². The monoisotopic (exact) mass is 304 g/mol. The summed E-state index contributed by atoms with van der Waals surface area (Å²) in [7, 11) is 0. The molecule has 0 bridgehead atoms. The van der Waals surface area contributed by atoms with Gasteiger partial charge in [0.15, 0.2) is 11.5 Å². The SMILES string of the molecule is CCNC(=O)CN(CC)C(=O)/C=C/c1ccc2c(c1)OCO2. The first kappa shape index (κ1) is 15.9. The number of rotatable bonds is 6. The lowest BCUT2D eigenvalue weighted by Gasteiger charge is -2.18. The minimum atomic E-state index is -0.202. The second kappa shape index (κ2) is 7.49. The Labute approximate surface area is 129 Å². The molecule has 0 saturated heterocycles. The van der Waals surface area contributed by atoms with E-state index in [4.69, 9.17) is 9.47 Å². The van der Waals surface area contributed by atoms with Gasteiger partial charge >= 0.3 is 0 Å². The molecule has 1 aliphatic rings. The molecule has 1 N–H and O–H groups in total. The number of amides is 2. The van der Waals surface area contributed by atoms with E-state index in [0.717, 1.165) is 5.56 Å². The Kier molecular flexibility index (Phi) is 5.41. The fraction of sp³-hybridized carbons (Fsp3) is 0.375. The first-order valence-corrected chi connectivity index (χ1v) is 7.27. The molecule has 0 spiro atoms. The zero-order valence-corrected chi connectivity index (χ0v) is 12.8. The minimum Gasteiger partial charge on any atom is -0.454 e. The molecule has 0 atom stereocenters. The molecule has 6 nitrogen and oxygen atoms in total. The Morgan fingerprint density at radius 3 is 2.77 bits per heavy atom. The number of carbonyl (C=O) groups excluding carboxylic acids is 2. The average molecular weight is 304 g/mol. The number of fused-ring (bicyclic) bond motifs is 1. The van der Waals surface area contributed by atoms with Crippen LogP contribution in [0.3, 0.4) is 0 Å². The van der Waals surface area contributed by atoms with Crippen molar-refractivity contribution in [2.45, 2.75) is 13.8 Å². The topological polar surface area (TPSA) is 67.9 Å². The van der Waals surface area contributed by atoms with Gasteiger partial charge in [-0.1, -0.05) is 6.07 Å². The van der Waals surface area contributed by atoms with E-state index in [0.29, 0.717) is 24.6 Å². The van der Waals surface area contributed by atoms with E-state index in [9.17, 15) is 9.59 Å². The van der Waals surface area contributed by atoms with Crippen molar-refractivity contribution in [3.05, 3.63) is 29.8 Å². The van der Waals surface area contributed by atoms with Crippen LogP contribution in [0.25, 0.3) is 6.08 Å². The number of nitrogens with one attached hydrogen (secondary N) is 1. The minimum absolute atomic E-state index is 0.0641. The summed E-state index contributed by atoms with van der Waals surface area (Å²) in [6, 6.07) is 5.46. The summed E-state index contributed by atoms with van der Waals surface area (Å²) in [6.45, 7) is 4.99. The number of nitrogens with zero attached hydrogens (tertiary/aromatic N) is 1. The molecule has 118 valence electrons. The van der Waals surface area contributed by atoms with Gasteiger partial charge in [-0.25, -0.2) is 0 Å². The zero-order chi connectivity index (χ0) is 15.9. The molecule has 0 unspecified atom stereocenters. The second-order valence-electron chi connectivity index (χ2n) is 4.75. The quantitative estimate of drug-likeness (QED) is 0.807. The maximum atomic E-state index is 12.1. The molecule has 6 heteroatoms. The van der Waals surface area contributed by atoms with Crippen LogP contribution in [-0.2, 0) is 9.59 Å². The van der Waals surface area contributed by atoms with Crippen LogP contribution in [0.4, 0.5) is 0 Å². The zero-order valence-electron chi connectivity index (χ0n) is 12.8. The maximum Gasteiger partial charge on any atom is 0.247 e. The number of hydrogen-bond acceptors (Lipinski definition) is 4. The molecule has 2 rings (SSSR count). The molecule has 1 heterocycles. The van der Waals surface area contributed by atoms with Crippen molar-refractivity contribution in [2.24, 2.45) is 0 Å². The molecular formula is C16H20N2O4. The predicted octanol–water partition coefficient (Wildman–Crippen LogP) is 1.41. The van der Waals surface area contributed by atoms with Gasteiger partial charge in [0.05, 0.1) is 6.54 Å². The Bertz CT molecular complexity index is 584. The van der Waals surface area contributed by atoms with Gasteiger partial charge in [-0.15, -0.1) is 0 Å². The second-order valence-corrected chi connectivity index (χ2v) is 4.75. The molecule has 1 aromatic rings. The van der Waals surface area contributed by atoms with E-state index in [-0.39, 0.29) is 25.2 Å². The summed E-state index contributed by atoms with van der Waals surface area (Å²) in [5.41, 5.74) is 0.840. The largest absolute Gasteiger partial charge is 0.454 e. The van der Waals surface area contributed by atoms with Gasteiger partial charge in [0, 0.05) is 19.2 Å². The number of benzene rings is 1. The van der Waals surface area contributed by atoms with Crippen molar-refractivity contribution < 1.29 is 19.1 Å². The van der Waals surface area contributed by atoms with Crippen LogP contribution in [-0.4, -0.2) is 43.1 Å². The van der Waals surface area contributed by atoms with Crippen LogP contribution < -0.4 is 14.8 Å². The van der Waals surface area contributed by atoms with Gasteiger partial charge in [-0.2, -0.15) is 0 Å². The normalized spacial score (nSPS) is 12.5. The maximum absolute atomic E-state index is 12.1. The summed E-state index contributed by atoms with van der Waals surface area (Å²) in [4.78, 5) is 25.2. The molecule has 1 aromatic carbocycles.